The molecule has 24 heavy (non-hydrogen) atoms. The van der Waals surface area contributed by atoms with Crippen LogP contribution in [0.1, 0.15) is 12.8 Å². The van der Waals surface area contributed by atoms with Crippen LogP contribution >= 0.6 is 0 Å². The number of rotatable bonds is 3. The number of amides is 1. The normalized spacial score (nSPS) is 18.8. The third-order valence-electron chi connectivity index (χ3n) is 4.60. The third-order valence-corrected chi connectivity index (χ3v) is 4.60. The first-order chi connectivity index (χ1) is 11.8. The molecule has 1 saturated heterocycles. The fourth-order valence-corrected chi connectivity index (χ4v) is 3.29. The second-order valence-corrected chi connectivity index (χ2v) is 6.04. The van der Waals surface area contributed by atoms with Crippen LogP contribution in [0.3, 0.4) is 0 Å². The van der Waals surface area contributed by atoms with Crippen molar-refractivity contribution < 1.29 is 14.3 Å². The molecule has 0 spiro atoms. The first-order valence-corrected chi connectivity index (χ1v) is 8.20. The SMILES string of the molecule is O=C(Nc1ccc2c(c1)OCCO2)C1(n2cccn2)CCNCC1. The summed E-state index contributed by atoms with van der Waals surface area (Å²) in [6.07, 6.45) is 4.96. The highest BCUT2D eigenvalue weighted by atomic mass is 16.6. The van der Waals surface area contributed by atoms with Crippen LogP contribution < -0.4 is 20.1 Å². The maximum Gasteiger partial charge on any atom is 0.252 e. The Balaban J connectivity index is 1.59. The van der Waals surface area contributed by atoms with E-state index in [1.807, 2.05) is 30.5 Å². The van der Waals surface area contributed by atoms with Crippen molar-refractivity contribution >= 4 is 11.6 Å². The van der Waals surface area contributed by atoms with E-state index in [1.165, 1.54) is 0 Å². The monoisotopic (exact) mass is 328 g/mol. The molecule has 2 aromatic rings. The first kappa shape index (κ1) is 15.0. The van der Waals surface area contributed by atoms with E-state index >= 15 is 0 Å². The first-order valence-electron chi connectivity index (χ1n) is 8.20. The van der Waals surface area contributed by atoms with Crippen molar-refractivity contribution in [2.24, 2.45) is 0 Å². The Hall–Kier alpha value is -2.54. The van der Waals surface area contributed by atoms with Crippen LogP contribution in [0.2, 0.25) is 0 Å². The Labute approximate surface area is 139 Å². The van der Waals surface area contributed by atoms with Crippen molar-refractivity contribution in [3.05, 3.63) is 36.7 Å². The Morgan fingerprint density at radius 2 is 2.00 bits per heavy atom. The van der Waals surface area contributed by atoms with E-state index in [-0.39, 0.29) is 5.91 Å². The number of hydrogen-bond acceptors (Lipinski definition) is 5. The van der Waals surface area contributed by atoms with Crippen molar-refractivity contribution in [1.82, 2.24) is 15.1 Å². The van der Waals surface area contributed by atoms with Crippen molar-refractivity contribution in [1.29, 1.82) is 0 Å². The number of anilines is 1. The molecule has 0 aliphatic carbocycles. The fraction of sp³-hybridized carbons (Fsp3) is 0.412. The van der Waals surface area contributed by atoms with Gasteiger partial charge in [0.1, 0.15) is 18.8 Å². The summed E-state index contributed by atoms with van der Waals surface area (Å²) in [6, 6.07) is 7.32. The van der Waals surface area contributed by atoms with Crippen molar-refractivity contribution in [3.8, 4) is 11.5 Å². The molecule has 0 bridgehead atoms. The largest absolute Gasteiger partial charge is 0.486 e. The molecule has 2 aliphatic rings. The average Bonchev–Trinajstić information content (AvgIpc) is 3.17. The van der Waals surface area contributed by atoms with Gasteiger partial charge in [-0.15, -0.1) is 0 Å². The lowest BCUT2D eigenvalue weighted by atomic mass is 9.87. The number of ether oxygens (including phenoxy) is 2. The third kappa shape index (κ3) is 2.60. The van der Waals surface area contributed by atoms with Crippen LogP contribution in [0, 0.1) is 0 Å². The zero-order valence-electron chi connectivity index (χ0n) is 13.3. The van der Waals surface area contributed by atoms with Crippen molar-refractivity contribution in [3.63, 3.8) is 0 Å². The van der Waals surface area contributed by atoms with E-state index < -0.39 is 5.54 Å². The zero-order valence-corrected chi connectivity index (χ0v) is 13.3. The van der Waals surface area contributed by atoms with Gasteiger partial charge < -0.3 is 20.1 Å². The number of carbonyl (C=O) groups is 1. The van der Waals surface area contributed by atoms with E-state index in [1.54, 1.807) is 10.9 Å². The van der Waals surface area contributed by atoms with Crippen LogP contribution in [0.5, 0.6) is 11.5 Å². The van der Waals surface area contributed by atoms with E-state index in [0.717, 1.165) is 13.1 Å². The van der Waals surface area contributed by atoms with Crippen LogP contribution in [-0.4, -0.2) is 42.0 Å². The van der Waals surface area contributed by atoms with Gasteiger partial charge in [-0.25, -0.2) is 0 Å². The van der Waals surface area contributed by atoms with Gasteiger partial charge in [0.15, 0.2) is 11.5 Å². The van der Waals surface area contributed by atoms with E-state index in [0.29, 0.717) is 43.2 Å². The molecule has 2 aliphatic heterocycles. The molecule has 1 amide bonds. The molecular weight excluding hydrogens is 308 g/mol. The predicted octanol–water partition coefficient (Wildman–Crippen LogP) is 1.37. The Morgan fingerprint density at radius 3 is 2.75 bits per heavy atom. The highest BCUT2D eigenvalue weighted by Crippen LogP contribution is 2.34. The van der Waals surface area contributed by atoms with Gasteiger partial charge >= 0.3 is 0 Å². The predicted molar refractivity (Wildman–Crippen MR) is 88.4 cm³/mol. The molecule has 1 fully saturated rings. The minimum atomic E-state index is -0.665. The molecule has 7 heteroatoms. The second-order valence-electron chi connectivity index (χ2n) is 6.04. The van der Waals surface area contributed by atoms with Gasteiger partial charge in [-0.3, -0.25) is 9.48 Å². The van der Waals surface area contributed by atoms with Crippen LogP contribution in [0.25, 0.3) is 0 Å². The Kier molecular flexibility index (Phi) is 3.86. The lowest BCUT2D eigenvalue weighted by Gasteiger charge is -2.36. The summed E-state index contributed by atoms with van der Waals surface area (Å²) in [4.78, 5) is 13.1. The average molecular weight is 328 g/mol. The summed E-state index contributed by atoms with van der Waals surface area (Å²) in [5.41, 5.74) is 0.0384. The number of nitrogens with one attached hydrogen (secondary N) is 2. The van der Waals surface area contributed by atoms with Gasteiger partial charge in [0.25, 0.3) is 5.91 Å². The molecular formula is C17H20N4O3. The molecule has 1 aromatic heterocycles. The smallest absolute Gasteiger partial charge is 0.252 e. The number of hydrogen-bond donors (Lipinski definition) is 2. The zero-order chi connectivity index (χ0) is 16.4. The second kappa shape index (κ2) is 6.16. The number of benzene rings is 1. The summed E-state index contributed by atoms with van der Waals surface area (Å²) >= 11 is 0. The minimum Gasteiger partial charge on any atom is -0.486 e. The number of aromatic nitrogens is 2. The van der Waals surface area contributed by atoms with Gasteiger partial charge in [-0.1, -0.05) is 0 Å². The van der Waals surface area contributed by atoms with Gasteiger partial charge in [0.2, 0.25) is 0 Å². The molecule has 7 nitrogen and oxygen atoms in total. The standard InChI is InChI=1S/C17H20N4O3/c22-16(17(4-7-18-8-5-17)21-9-1-6-19-21)20-13-2-3-14-15(12-13)24-11-10-23-14/h1-3,6,9,12,18H,4-5,7-8,10-11H2,(H,20,22). The minimum absolute atomic E-state index is 0.0515. The summed E-state index contributed by atoms with van der Waals surface area (Å²) in [7, 11) is 0. The number of piperidine rings is 1. The highest BCUT2D eigenvalue weighted by molar-refractivity contribution is 5.97. The number of fused-ring (bicyclic) bond motifs is 1. The molecule has 0 atom stereocenters. The summed E-state index contributed by atoms with van der Waals surface area (Å²) < 4.78 is 12.9. The Bertz CT molecular complexity index is 723. The van der Waals surface area contributed by atoms with E-state index in [2.05, 4.69) is 15.7 Å². The van der Waals surface area contributed by atoms with Crippen LogP contribution in [0.4, 0.5) is 5.69 Å². The summed E-state index contributed by atoms with van der Waals surface area (Å²) in [5.74, 6) is 1.32. The van der Waals surface area contributed by atoms with Gasteiger partial charge in [-0.05, 0) is 44.1 Å². The van der Waals surface area contributed by atoms with Gasteiger partial charge in [0.05, 0.1) is 0 Å². The molecule has 0 saturated carbocycles. The molecule has 1 aromatic carbocycles. The van der Waals surface area contributed by atoms with Gasteiger partial charge in [-0.2, -0.15) is 5.10 Å². The molecule has 3 heterocycles. The molecule has 2 N–H and O–H groups in total. The highest BCUT2D eigenvalue weighted by Gasteiger charge is 2.42. The topological polar surface area (TPSA) is 77.4 Å². The molecule has 0 radical (unpaired) electrons. The molecule has 126 valence electrons. The molecule has 4 rings (SSSR count). The molecule has 0 unspecified atom stereocenters. The fourth-order valence-electron chi connectivity index (χ4n) is 3.29. The van der Waals surface area contributed by atoms with Gasteiger partial charge in [0, 0.05) is 24.1 Å². The maximum atomic E-state index is 13.1. The van der Waals surface area contributed by atoms with Crippen molar-refractivity contribution in [2.45, 2.75) is 18.4 Å². The van der Waals surface area contributed by atoms with Crippen LogP contribution in [-0.2, 0) is 10.3 Å². The summed E-state index contributed by atoms with van der Waals surface area (Å²) in [6.45, 7) is 2.64. The maximum absolute atomic E-state index is 13.1. The lowest BCUT2D eigenvalue weighted by Crippen LogP contribution is -2.52. The lowest BCUT2D eigenvalue weighted by molar-refractivity contribution is -0.126. The number of nitrogens with zero attached hydrogens (tertiary/aromatic N) is 2. The summed E-state index contributed by atoms with van der Waals surface area (Å²) in [5, 5.41) is 10.7. The van der Waals surface area contributed by atoms with Crippen molar-refractivity contribution in [2.75, 3.05) is 31.6 Å². The van der Waals surface area contributed by atoms with Crippen LogP contribution in [0.15, 0.2) is 36.7 Å². The Morgan fingerprint density at radius 1 is 1.21 bits per heavy atom. The van der Waals surface area contributed by atoms with E-state index in [9.17, 15) is 4.79 Å². The quantitative estimate of drug-likeness (QED) is 0.890. The van der Waals surface area contributed by atoms with E-state index in [4.69, 9.17) is 9.47 Å². The number of carbonyl (C=O) groups excluding carboxylic acids is 1.